The average molecular weight is 410 g/mol. The van der Waals surface area contributed by atoms with Gasteiger partial charge in [0.15, 0.2) is 5.54 Å². The minimum absolute atomic E-state index is 0.272. The van der Waals surface area contributed by atoms with Crippen LogP contribution in [0.15, 0.2) is 47.1 Å². The molecule has 8 heteroatoms. The van der Waals surface area contributed by atoms with Crippen molar-refractivity contribution in [3.63, 3.8) is 0 Å². The highest BCUT2D eigenvalue weighted by molar-refractivity contribution is 7.18. The molecule has 1 atom stereocenters. The number of urea groups is 1. The van der Waals surface area contributed by atoms with E-state index in [1.54, 1.807) is 30.4 Å². The largest absolute Gasteiger partial charge is 0.466 e. The zero-order chi connectivity index (χ0) is 20.0. The fourth-order valence-corrected chi connectivity index (χ4v) is 5.28. The van der Waals surface area contributed by atoms with Gasteiger partial charge in [0.05, 0.1) is 28.2 Å². The molecule has 3 amide bonds. The molecule has 0 saturated carbocycles. The van der Waals surface area contributed by atoms with Crippen LogP contribution in [0.3, 0.4) is 0 Å². The van der Waals surface area contributed by atoms with Gasteiger partial charge in [-0.05, 0) is 44.0 Å². The number of imide groups is 1. The summed E-state index contributed by atoms with van der Waals surface area (Å²) in [4.78, 5) is 33.7. The van der Waals surface area contributed by atoms with Gasteiger partial charge in [-0.15, -0.1) is 11.3 Å². The molecule has 2 saturated heterocycles. The fraction of sp³-hybridized carbons (Fsp3) is 0.381. The number of amides is 3. The van der Waals surface area contributed by atoms with E-state index in [4.69, 9.17) is 9.40 Å². The van der Waals surface area contributed by atoms with Gasteiger partial charge < -0.3 is 9.73 Å². The lowest BCUT2D eigenvalue weighted by Crippen LogP contribution is -2.45. The van der Waals surface area contributed by atoms with E-state index in [1.807, 2.05) is 12.1 Å². The van der Waals surface area contributed by atoms with E-state index < -0.39 is 5.54 Å². The van der Waals surface area contributed by atoms with Crippen LogP contribution >= 0.6 is 11.3 Å². The summed E-state index contributed by atoms with van der Waals surface area (Å²) in [5.74, 6) is 0.610. The summed E-state index contributed by atoms with van der Waals surface area (Å²) in [6, 6.07) is 11.3. The predicted octanol–water partition coefficient (Wildman–Crippen LogP) is 3.49. The number of carbonyl (C=O) groups excluding carboxylic acids is 2. The molecule has 5 rings (SSSR count). The number of hydrogen-bond acceptors (Lipinski definition) is 6. The highest BCUT2D eigenvalue weighted by Gasteiger charge is 2.51. The number of carbonyl (C=O) groups is 2. The van der Waals surface area contributed by atoms with E-state index in [0.29, 0.717) is 18.3 Å². The molecule has 0 bridgehead atoms. The zero-order valence-corrected chi connectivity index (χ0v) is 16.9. The molecule has 0 radical (unpaired) electrons. The molecule has 7 nitrogen and oxygen atoms in total. The molecule has 2 aliphatic heterocycles. The van der Waals surface area contributed by atoms with Gasteiger partial charge in [0.2, 0.25) is 0 Å². The summed E-state index contributed by atoms with van der Waals surface area (Å²) in [6.07, 6.45) is 3.45. The number of thiazole rings is 1. The number of rotatable bonds is 4. The number of nitrogens with one attached hydrogen (secondary N) is 1. The molecule has 2 aliphatic rings. The van der Waals surface area contributed by atoms with Crippen LogP contribution in [-0.4, -0.2) is 46.5 Å². The molecule has 150 valence electrons. The Hall–Kier alpha value is -2.71. The predicted molar refractivity (Wildman–Crippen MR) is 109 cm³/mol. The number of likely N-dealkylation sites (tertiary alicyclic amines) is 1. The summed E-state index contributed by atoms with van der Waals surface area (Å²) < 4.78 is 6.61. The van der Waals surface area contributed by atoms with Crippen molar-refractivity contribution in [3.8, 4) is 0 Å². The van der Waals surface area contributed by atoms with E-state index in [1.165, 1.54) is 20.9 Å². The van der Waals surface area contributed by atoms with E-state index in [9.17, 15) is 9.59 Å². The number of furan rings is 1. The first kappa shape index (κ1) is 18.3. The second kappa shape index (κ2) is 6.96. The van der Waals surface area contributed by atoms with Crippen molar-refractivity contribution in [2.75, 3.05) is 19.8 Å². The third-order valence-electron chi connectivity index (χ3n) is 5.88. The monoisotopic (exact) mass is 410 g/mol. The molecular weight excluding hydrogens is 388 g/mol. The zero-order valence-electron chi connectivity index (χ0n) is 16.1. The summed E-state index contributed by atoms with van der Waals surface area (Å²) in [5, 5.41) is 3.97. The van der Waals surface area contributed by atoms with Crippen molar-refractivity contribution >= 4 is 33.5 Å². The third kappa shape index (κ3) is 3.12. The number of fused-ring (bicyclic) bond motifs is 1. The van der Waals surface area contributed by atoms with Gasteiger partial charge in [0, 0.05) is 19.0 Å². The minimum Gasteiger partial charge on any atom is -0.466 e. The Morgan fingerprint density at radius 3 is 2.72 bits per heavy atom. The number of nitrogens with zero attached hydrogens (tertiary/aromatic N) is 3. The summed E-state index contributed by atoms with van der Waals surface area (Å²) >= 11 is 1.77. The van der Waals surface area contributed by atoms with Crippen LogP contribution in [-0.2, 0) is 10.3 Å². The molecule has 0 spiro atoms. The average Bonchev–Trinajstić information content (AvgIpc) is 3.45. The maximum Gasteiger partial charge on any atom is 0.326 e. The Balaban J connectivity index is 1.24. The lowest BCUT2D eigenvalue weighted by Gasteiger charge is -2.33. The van der Waals surface area contributed by atoms with Crippen LogP contribution in [0.2, 0.25) is 0 Å². The van der Waals surface area contributed by atoms with Crippen LogP contribution in [0.5, 0.6) is 0 Å². The first-order chi connectivity index (χ1) is 14.0. The van der Waals surface area contributed by atoms with Crippen molar-refractivity contribution in [2.45, 2.75) is 31.2 Å². The van der Waals surface area contributed by atoms with Gasteiger partial charge in [0.25, 0.3) is 5.91 Å². The van der Waals surface area contributed by atoms with Crippen LogP contribution in [0.1, 0.15) is 36.5 Å². The highest BCUT2D eigenvalue weighted by atomic mass is 32.1. The van der Waals surface area contributed by atoms with Crippen LogP contribution < -0.4 is 5.32 Å². The number of hydrogen-bond donors (Lipinski definition) is 1. The van der Waals surface area contributed by atoms with E-state index >= 15 is 0 Å². The minimum atomic E-state index is -1.14. The van der Waals surface area contributed by atoms with E-state index in [-0.39, 0.29) is 11.9 Å². The SMILES string of the molecule is CC1(c2ccco2)NC(=O)N(CN2CCC(c3nc4ccccc4s3)CC2)C1=O. The Morgan fingerprint density at radius 2 is 2.00 bits per heavy atom. The molecule has 2 aromatic heterocycles. The van der Waals surface area contributed by atoms with Gasteiger partial charge in [-0.1, -0.05) is 12.1 Å². The Bertz CT molecular complexity index is 1020. The van der Waals surface area contributed by atoms with Crippen LogP contribution in [0.4, 0.5) is 4.79 Å². The molecule has 1 aromatic carbocycles. The molecule has 4 heterocycles. The third-order valence-corrected chi connectivity index (χ3v) is 7.08. The standard InChI is InChI=1S/C21H22N4O3S/c1-21(17-7-4-12-28-17)19(26)25(20(27)23-21)13-24-10-8-14(9-11-24)18-22-15-5-2-3-6-16(15)29-18/h2-7,12,14H,8-11,13H2,1H3,(H,23,27). The van der Waals surface area contributed by atoms with Crippen molar-refractivity contribution < 1.29 is 14.0 Å². The quantitative estimate of drug-likeness (QED) is 0.666. The van der Waals surface area contributed by atoms with Gasteiger partial charge >= 0.3 is 6.03 Å². The smallest absolute Gasteiger partial charge is 0.326 e. The van der Waals surface area contributed by atoms with Crippen LogP contribution in [0.25, 0.3) is 10.2 Å². The van der Waals surface area contributed by atoms with Gasteiger partial charge in [0.1, 0.15) is 5.76 Å². The lowest BCUT2D eigenvalue weighted by atomic mass is 9.97. The van der Waals surface area contributed by atoms with Crippen molar-refractivity contribution in [2.24, 2.45) is 0 Å². The molecule has 1 unspecified atom stereocenters. The molecule has 0 aliphatic carbocycles. The van der Waals surface area contributed by atoms with E-state index in [2.05, 4.69) is 22.3 Å². The lowest BCUT2D eigenvalue weighted by molar-refractivity contribution is -0.133. The second-order valence-electron chi connectivity index (χ2n) is 7.82. The summed E-state index contributed by atoms with van der Waals surface area (Å²) in [5.41, 5.74) is -0.0774. The summed E-state index contributed by atoms with van der Waals surface area (Å²) in [7, 11) is 0. The molecule has 1 N–H and O–H groups in total. The summed E-state index contributed by atoms with van der Waals surface area (Å²) in [6.45, 7) is 3.64. The normalized spacial score (nSPS) is 23.8. The Morgan fingerprint density at radius 1 is 1.21 bits per heavy atom. The topological polar surface area (TPSA) is 78.7 Å². The van der Waals surface area contributed by atoms with Gasteiger partial charge in [-0.2, -0.15) is 0 Å². The molecule has 3 aromatic rings. The number of para-hydroxylation sites is 1. The Kier molecular flexibility index (Phi) is 4.40. The number of piperidine rings is 1. The van der Waals surface area contributed by atoms with Crippen molar-refractivity contribution in [1.82, 2.24) is 20.1 Å². The van der Waals surface area contributed by atoms with Gasteiger partial charge in [-0.25, -0.2) is 14.7 Å². The van der Waals surface area contributed by atoms with E-state index in [0.717, 1.165) is 31.4 Å². The fourth-order valence-electron chi connectivity index (χ4n) is 4.14. The number of benzene rings is 1. The number of aromatic nitrogens is 1. The van der Waals surface area contributed by atoms with Crippen molar-refractivity contribution in [3.05, 3.63) is 53.4 Å². The maximum atomic E-state index is 12.9. The molecule has 29 heavy (non-hydrogen) atoms. The molecule has 2 fully saturated rings. The maximum absolute atomic E-state index is 12.9. The highest BCUT2D eigenvalue weighted by Crippen LogP contribution is 2.34. The first-order valence-corrected chi connectivity index (χ1v) is 10.6. The molecular formula is C21H22N4O3S. The van der Waals surface area contributed by atoms with Crippen LogP contribution in [0, 0.1) is 0 Å². The van der Waals surface area contributed by atoms with Crippen molar-refractivity contribution in [1.29, 1.82) is 0 Å². The van der Waals surface area contributed by atoms with Gasteiger partial charge in [-0.3, -0.25) is 9.69 Å². The Labute approximate surface area is 172 Å². The first-order valence-electron chi connectivity index (χ1n) is 9.80. The second-order valence-corrected chi connectivity index (χ2v) is 8.88.